The number of rotatable bonds is 9. The maximum atomic E-state index is 9.93. The van der Waals surface area contributed by atoms with Gasteiger partial charge in [-0.2, -0.15) is 0 Å². The molecule has 0 spiro atoms. The first kappa shape index (κ1) is 16.5. The molecule has 0 aromatic heterocycles. The van der Waals surface area contributed by atoms with Crippen LogP contribution in [-0.4, -0.2) is 71.2 Å². The number of aliphatic hydroxyl groups excluding tert-OH is 1. The quantitative estimate of drug-likeness (QED) is 0.465. The molecule has 0 unspecified atom stereocenters. The Kier molecular flexibility index (Phi) is 8.15. The van der Waals surface area contributed by atoms with Gasteiger partial charge in [0.2, 0.25) is 0 Å². The summed E-state index contributed by atoms with van der Waals surface area (Å²) in [5, 5.41) is 9.93. The Bertz CT molecular complexity index is 258. The third kappa shape index (κ3) is 5.15. The van der Waals surface area contributed by atoms with Crippen molar-refractivity contribution in [3.8, 4) is 0 Å². The lowest BCUT2D eigenvalue weighted by Crippen LogP contribution is -2.51. The second-order valence-corrected chi connectivity index (χ2v) is 3.99. The summed E-state index contributed by atoms with van der Waals surface area (Å²) < 4.78 is 31.1. The molecule has 0 saturated heterocycles. The van der Waals surface area contributed by atoms with Crippen LogP contribution in [0.25, 0.3) is 0 Å². The largest absolute Gasteiger partial charge is 0.386 e. The Labute approximate surface area is 113 Å². The molecular formula is C12H22O7. The third-order valence-corrected chi connectivity index (χ3v) is 2.62. The summed E-state index contributed by atoms with van der Waals surface area (Å²) in [7, 11) is 4.56. The van der Waals surface area contributed by atoms with Crippen molar-refractivity contribution in [2.24, 2.45) is 0 Å². The van der Waals surface area contributed by atoms with Crippen LogP contribution in [-0.2, 0) is 28.4 Å². The molecule has 112 valence electrons. The second kappa shape index (κ2) is 9.38. The maximum Gasteiger partial charge on any atom is 0.147 e. The Balaban J connectivity index is 2.69. The van der Waals surface area contributed by atoms with Gasteiger partial charge in [0.1, 0.15) is 44.8 Å². The van der Waals surface area contributed by atoms with E-state index in [4.69, 9.17) is 28.4 Å². The molecule has 0 bridgehead atoms. The fourth-order valence-corrected chi connectivity index (χ4v) is 1.80. The topological polar surface area (TPSA) is 75.6 Å². The second-order valence-electron chi connectivity index (χ2n) is 3.99. The molecule has 7 nitrogen and oxygen atoms in total. The van der Waals surface area contributed by atoms with E-state index >= 15 is 0 Å². The minimum atomic E-state index is -0.792. The van der Waals surface area contributed by atoms with Gasteiger partial charge in [0.05, 0.1) is 0 Å². The van der Waals surface area contributed by atoms with Gasteiger partial charge in [-0.25, -0.2) is 0 Å². The highest BCUT2D eigenvalue weighted by atomic mass is 16.7. The van der Waals surface area contributed by atoms with Gasteiger partial charge in [-0.15, -0.1) is 0 Å². The minimum absolute atomic E-state index is 0.0550. The van der Waals surface area contributed by atoms with Gasteiger partial charge in [0, 0.05) is 21.3 Å². The lowest BCUT2D eigenvalue weighted by Gasteiger charge is -2.36. The summed E-state index contributed by atoms with van der Waals surface area (Å²) in [4.78, 5) is 0. The minimum Gasteiger partial charge on any atom is -0.386 e. The lowest BCUT2D eigenvalue weighted by atomic mass is 9.96. The smallest absolute Gasteiger partial charge is 0.147 e. The zero-order chi connectivity index (χ0) is 14.1. The highest BCUT2D eigenvalue weighted by Crippen LogP contribution is 2.22. The molecule has 0 fully saturated rings. The van der Waals surface area contributed by atoms with E-state index < -0.39 is 18.3 Å². The number of hydrogen-bond acceptors (Lipinski definition) is 7. The summed E-state index contributed by atoms with van der Waals surface area (Å²) in [6.45, 7) is 0.249. The number of methoxy groups -OCH3 is 3. The average Bonchev–Trinajstić information content (AvgIpc) is 2.42. The lowest BCUT2D eigenvalue weighted by molar-refractivity contribution is -0.216. The Morgan fingerprint density at radius 1 is 0.789 bits per heavy atom. The van der Waals surface area contributed by atoms with Gasteiger partial charge in [-0.1, -0.05) is 12.2 Å². The number of aliphatic hydroxyl groups is 1. The Morgan fingerprint density at radius 2 is 1.32 bits per heavy atom. The molecule has 0 heterocycles. The van der Waals surface area contributed by atoms with Crippen molar-refractivity contribution in [2.45, 2.75) is 24.4 Å². The summed E-state index contributed by atoms with van der Waals surface area (Å²) in [5.74, 6) is 0. The molecule has 1 aliphatic carbocycles. The van der Waals surface area contributed by atoms with Crippen LogP contribution >= 0.6 is 0 Å². The molecule has 1 rings (SSSR count). The molecule has 0 saturated carbocycles. The van der Waals surface area contributed by atoms with E-state index in [1.165, 1.54) is 21.3 Å². The third-order valence-electron chi connectivity index (χ3n) is 2.62. The maximum absolute atomic E-state index is 9.93. The van der Waals surface area contributed by atoms with Crippen molar-refractivity contribution in [1.82, 2.24) is 0 Å². The molecule has 0 amide bonds. The fraction of sp³-hybridized carbons (Fsp3) is 0.833. The van der Waals surface area contributed by atoms with Crippen LogP contribution in [0, 0.1) is 0 Å². The fourth-order valence-electron chi connectivity index (χ4n) is 1.80. The molecule has 0 aromatic carbocycles. The van der Waals surface area contributed by atoms with Crippen LogP contribution in [0.5, 0.6) is 0 Å². The van der Waals surface area contributed by atoms with Gasteiger partial charge >= 0.3 is 0 Å². The summed E-state index contributed by atoms with van der Waals surface area (Å²) in [6, 6.07) is 0. The zero-order valence-electron chi connectivity index (χ0n) is 11.5. The van der Waals surface area contributed by atoms with Crippen LogP contribution in [0.2, 0.25) is 0 Å². The average molecular weight is 278 g/mol. The van der Waals surface area contributed by atoms with Crippen LogP contribution in [0.4, 0.5) is 0 Å². The molecular weight excluding hydrogens is 256 g/mol. The molecule has 4 atom stereocenters. The van der Waals surface area contributed by atoms with Crippen molar-refractivity contribution in [1.29, 1.82) is 0 Å². The predicted molar refractivity (Wildman–Crippen MR) is 65.4 cm³/mol. The van der Waals surface area contributed by atoms with E-state index in [0.717, 1.165) is 0 Å². The Hall–Kier alpha value is -0.540. The Morgan fingerprint density at radius 3 is 1.89 bits per heavy atom. The normalized spacial score (nSPS) is 30.7. The van der Waals surface area contributed by atoms with E-state index in [9.17, 15) is 5.11 Å². The van der Waals surface area contributed by atoms with Crippen molar-refractivity contribution >= 4 is 0 Å². The molecule has 0 aromatic rings. The van der Waals surface area contributed by atoms with E-state index in [2.05, 4.69) is 0 Å². The van der Waals surface area contributed by atoms with Crippen molar-refractivity contribution in [3.63, 3.8) is 0 Å². The van der Waals surface area contributed by atoms with E-state index in [1.54, 1.807) is 12.2 Å². The number of hydrogen-bond donors (Lipinski definition) is 1. The van der Waals surface area contributed by atoms with E-state index in [0.29, 0.717) is 0 Å². The van der Waals surface area contributed by atoms with Gasteiger partial charge in [0.15, 0.2) is 0 Å². The molecule has 1 N–H and O–H groups in total. The molecule has 0 radical (unpaired) electrons. The molecule has 1 aliphatic rings. The first-order valence-electron chi connectivity index (χ1n) is 5.92. The summed E-state index contributed by atoms with van der Waals surface area (Å²) in [5.41, 5.74) is 0. The van der Waals surface area contributed by atoms with Gasteiger partial charge in [0.25, 0.3) is 0 Å². The standard InChI is InChI=1S/C12H22O7/c1-14-6-17-10-5-4-9(13)11(18-7-15-2)12(10)19-8-16-3/h4-5,9-13H,6-8H2,1-3H3/t9-,10+,11+,12-/m0/s1. The first-order chi connectivity index (χ1) is 9.24. The molecule has 0 aliphatic heterocycles. The predicted octanol–water partition coefficient (Wildman–Crippen LogP) is -0.116. The van der Waals surface area contributed by atoms with Gasteiger partial charge < -0.3 is 33.5 Å². The zero-order valence-corrected chi connectivity index (χ0v) is 11.5. The van der Waals surface area contributed by atoms with Crippen molar-refractivity contribution < 1.29 is 33.5 Å². The van der Waals surface area contributed by atoms with Crippen LogP contribution in [0.3, 0.4) is 0 Å². The molecule has 7 heteroatoms. The SMILES string of the molecule is COCO[C@@H]1[C@H](OCOC)[C@@H](O)C=C[C@H]1OCOC. The van der Waals surface area contributed by atoms with Crippen LogP contribution in [0.1, 0.15) is 0 Å². The van der Waals surface area contributed by atoms with E-state index in [1.807, 2.05) is 0 Å². The monoisotopic (exact) mass is 278 g/mol. The van der Waals surface area contributed by atoms with Crippen LogP contribution in [0.15, 0.2) is 12.2 Å². The van der Waals surface area contributed by atoms with E-state index in [-0.39, 0.29) is 26.5 Å². The van der Waals surface area contributed by atoms with Crippen LogP contribution < -0.4 is 0 Å². The summed E-state index contributed by atoms with van der Waals surface area (Å²) in [6.07, 6.45) is 1.04. The summed E-state index contributed by atoms with van der Waals surface area (Å²) >= 11 is 0. The van der Waals surface area contributed by atoms with Crippen molar-refractivity contribution in [3.05, 3.63) is 12.2 Å². The highest BCUT2D eigenvalue weighted by Gasteiger charge is 2.38. The number of ether oxygens (including phenoxy) is 6. The van der Waals surface area contributed by atoms with Crippen molar-refractivity contribution in [2.75, 3.05) is 41.7 Å². The highest BCUT2D eigenvalue weighted by molar-refractivity contribution is 5.09. The first-order valence-corrected chi connectivity index (χ1v) is 5.92. The molecule has 19 heavy (non-hydrogen) atoms. The van der Waals surface area contributed by atoms with Gasteiger partial charge in [-0.05, 0) is 0 Å². The van der Waals surface area contributed by atoms with Gasteiger partial charge in [-0.3, -0.25) is 0 Å².